The monoisotopic (exact) mass is 638 g/mol. The summed E-state index contributed by atoms with van der Waals surface area (Å²) in [7, 11) is 0. The molecule has 0 bridgehead atoms. The quantitative estimate of drug-likeness (QED) is 0.219. The summed E-state index contributed by atoms with van der Waals surface area (Å²) in [6.07, 6.45) is 13.9. The molecule has 7 rings (SSSR count). The van der Waals surface area contributed by atoms with Gasteiger partial charge in [0.15, 0.2) is 0 Å². The maximum atomic E-state index is 9.65. The summed E-state index contributed by atoms with van der Waals surface area (Å²) in [5, 5.41) is 28.8. The van der Waals surface area contributed by atoms with Gasteiger partial charge in [-0.3, -0.25) is 9.58 Å². The minimum absolute atomic E-state index is 0.0942. The number of nitrogens with zero attached hydrogens (tertiary/aromatic N) is 11. The predicted molar refractivity (Wildman–Crippen MR) is 166 cm³/mol. The van der Waals surface area contributed by atoms with Gasteiger partial charge in [-0.2, -0.15) is 10.2 Å². The van der Waals surface area contributed by atoms with E-state index in [0.29, 0.717) is 41.4 Å². The molecule has 2 aliphatic rings. The van der Waals surface area contributed by atoms with Crippen LogP contribution in [-0.2, 0) is 11.3 Å². The number of hydrogen-bond acceptors (Lipinski definition) is 14. The Morgan fingerprint density at radius 3 is 2.60 bits per heavy atom. The number of aromatic nitrogens is 9. The van der Waals surface area contributed by atoms with Crippen molar-refractivity contribution in [2.75, 3.05) is 31.6 Å². The zero-order valence-electron chi connectivity index (χ0n) is 25.8. The Morgan fingerprint density at radius 1 is 1.06 bits per heavy atom. The molecule has 1 saturated heterocycles. The van der Waals surface area contributed by atoms with Crippen molar-refractivity contribution in [2.24, 2.45) is 0 Å². The number of nitriles is 1. The molecule has 0 radical (unpaired) electrons. The summed E-state index contributed by atoms with van der Waals surface area (Å²) in [5.41, 5.74) is 2.56. The van der Waals surface area contributed by atoms with Crippen LogP contribution in [0.25, 0.3) is 11.1 Å². The van der Waals surface area contributed by atoms with Crippen LogP contribution in [0.3, 0.4) is 0 Å². The Kier molecular flexibility index (Phi) is 8.97. The number of nitrogens with one attached hydrogen (secondary N) is 1. The number of morpholine rings is 1. The van der Waals surface area contributed by atoms with Crippen LogP contribution in [0, 0.1) is 11.3 Å². The first-order valence-corrected chi connectivity index (χ1v) is 15.6. The number of ether oxygens (including phenoxy) is 3. The lowest BCUT2D eigenvalue weighted by Gasteiger charge is -2.38. The fraction of sp³-hybridized carbons (Fsp3) is 0.419. The van der Waals surface area contributed by atoms with E-state index in [4.69, 9.17) is 23.7 Å². The molecule has 16 nitrogen and oxygen atoms in total. The number of hydrogen-bond donors (Lipinski definition) is 1. The van der Waals surface area contributed by atoms with Gasteiger partial charge in [-0.05, 0) is 60.7 Å². The van der Waals surface area contributed by atoms with Gasteiger partial charge in [-0.1, -0.05) is 6.07 Å². The lowest BCUT2D eigenvalue weighted by atomic mass is 9.90. The Bertz CT molecular complexity index is 1770. The molecule has 0 amide bonds. The molecule has 4 aromatic heterocycles. The average molecular weight is 639 g/mol. The highest BCUT2D eigenvalue weighted by atomic mass is 16.6. The normalized spacial score (nSPS) is 19.1. The summed E-state index contributed by atoms with van der Waals surface area (Å²) >= 11 is 0. The van der Waals surface area contributed by atoms with Crippen molar-refractivity contribution in [3.8, 4) is 34.9 Å². The van der Waals surface area contributed by atoms with E-state index in [-0.39, 0.29) is 18.2 Å². The zero-order valence-corrected chi connectivity index (χ0v) is 25.8. The molecule has 5 heterocycles. The van der Waals surface area contributed by atoms with Crippen LogP contribution in [-0.4, -0.2) is 88.3 Å². The van der Waals surface area contributed by atoms with Crippen molar-refractivity contribution in [2.45, 2.75) is 57.3 Å². The highest BCUT2D eigenvalue weighted by Crippen LogP contribution is 2.36. The minimum Gasteiger partial charge on any atom is -0.487 e. The van der Waals surface area contributed by atoms with Crippen molar-refractivity contribution in [1.29, 1.82) is 5.26 Å². The summed E-state index contributed by atoms with van der Waals surface area (Å²) in [6, 6.07) is 8.37. The van der Waals surface area contributed by atoms with E-state index < -0.39 is 0 Å². The smallest absolute Gasteiger partial charge is 0.400 e. The van der Waals surface area contributed by atoms with Crippen LogP contribution in [0.1, 0.15) is 44.2 Å². The minimum atomic E-state index is -0.280. The predicted octanol–water partition coefficient (Wildman–Crippen LogP) is 4.01. The molecular weight excluding hydrogens is 604 g/mol. The highest BCUT2D eigenvalue weighted by Gasteiger charge is 2.29. The molecule has 16 heteroatoms. The van der Waals surface area contributed by atoms with E-state index in [1.165, 1.54) is 18.8 Å². The maximum absolute atomic E-state index is 9.65. The lowest BCUT2D eigenvalue weighted by Crippen LogP contribution is -2.45. The molecule has 1 aliphatic heterocycles. The molecule has 47 heavy (non-hydrogen) atoms. The molecule has 1 atom stereocenters. The highest BCUT2D eigenvalue weighted by molar-refractivity contribution is 5.67. The second-order valence-electron chi connectivity index (χ2n) is 11.5. The van der Waals surface area contributed by atoms with E-state index >= 15 is 0 Å². The second kappa shape index (κ2) is 13.9. The van der Waals surface area contributed by atoms with Crippen LogP contribution in [0.2, 0.25) is 0 Å². The van der Waals surface area contributed by atoms with Crippen molar-refractivity contribution < 1.29 is 18.6 Å². The van der Waals surface area contributed by atoms with Crippen molar-refractivity contribution in [3.05, 3.63) is 61.1 Å². The van der Waals surface area contributed by atoms with Crippen molar-refractivity contribution >= 4 is 11.6 Å². The van der Waals surface area contributed by atoms with Gasteiger partial charge in [-0.25, -0.2) is 14.6 Å². The number of benzene rings is 1. The van der Waals surface area contributed by atoms with Crippen molar-refractivity contribution in [3.63, 3.8) is 0 Å². The number of anilines is 2. The van der Waals surface area contributed by atoms with Crippen LogP contribution in [0.15, 0.2) is 60.0 Å². The number of oxazole rings is 1. The van der Waals surface area contributed by atoms with Crippen LogP contribution in [0.5, 0.6) is 17.7 Å². The number of tetrazole rings is 1. The van der Waals surface area contributed by atoms with Crippen LogP contribution < -0.4 is 14.8 Å². The van der Waals surface area contributed by atoms with Gasteiger partial charge in [0.1, 0.15) is 36.2 Å². The Morgan fingerprint density at radius 2 is 1.87 bits per heavy atom. The largest absolute Gasteiger partial charge is 0.487 e. The molecule has 2 fully saturated rings. The Labute approximate surface area is 270 Å². The fourth-order valence-electron chi connectivity index (χ4n) is 6.03. The molecule has 242 valence electrons. The van der Waals surface area contributed by atoms with E-state index in [1.807, 2.05) is 23.9 Å². The van der Waals surface area contributed by atoms with E-state index in [9.17, 15) is 5.26 Å². The SMILES string of the molecule is C[C@@H](Cn1cnnn1)Oc1cc(-c2cnc(Nc3cn([C@H]4CC[C@H](N5CCOCC5)CC4)nc3Oc3ncco3)nc2)ccc1C#N. The summed E-state index contributed by atoms with van der Waals surface area (Å²) in [4.78, 5) is 15.8. The standard InChI is InChI=1S/C31H34N12O4/c1-21(18-42-20-36-39-40-42)46-28-14-22(2-3-23(28)15-32)24-16-34-30(35-17-24)37-27-19-43(38-29(27)47-31-33-8-11-45-31)26-6-4-25(5-7-26)41-9-12-44-13-10-41/h2-3,8,11,14,16-17,19-21,25-26H,4-7,9-10,12-13,18H2,1H3,(H,34,35,37)/t21-,25-,26-/m0/s1. The van der Waals surface area contributed by atoms with Gasteiger partial charge >= 0.3 is 6.08 Å². The molecule has 0 spiro atoms. The topological polar surface area (TPSA) is 180 Å². The van der Waals surface area contributed by atoms with Gasteiger partial charge in [0.05, 0.1) is 43.8 Å². The summed E-state index contributed by atoms with van der Waals surface area (Å²) in [5.74, 6) is 1.13. The fourth-order valence-corrected chi connectivity index (χ4v) is 6.03. The molecule has 1 aromatic carbocycles. The summed E-state index contributed by atoms with van der Waals surface area (Å²) in [6.45, 7) is 5.94. The molecule has 1 saturated carbocycles. The molecule has 1 N–H and O–H groups in total. The third kappa shape index (κ3) is 7.21. The Balaban J connectivity index is 1.05. The maximum Gasteiger partial charge on any atom is 0.400 e. The third-order valence-electron chi connectivity index (χ3n) is 8.39. The molecular formula is C31H34N12O4. The van der Waals surface area contributed by atoms with E-state index in [0.717, 1.165) is 63.1 Å². The average Bonchev–Trinajstić information content (AvgIpc) is 3.90. The van der Waals surface area contributed by atoms with Gasteiger partial charge in [0.2, 0.25) is 5.95 Å². The van der Waals surface area contributed by atoms with E-state index in [2.05, 4.69) is 46.8 Å². The molecule has 5 aromatic rings. The first-order valence-electron chi connectivity index (χ1n) is 15.6. The first-order chi connectivity index (χ1) is 23.1. The zero-order chi connectivity index (χ0) is 32.0. The van der Waals surface area contributed by atoms with Crippen LogP contribution >= 0.6 is 0 Å². The lowest BCUT2D eigenvalue weighted by molar-refractivity contribution is 0.00503. The Hall–Kier alpha value is -5.40. The molecule has 1 aliphatic carbocycles. The first kappa shape index (κ1) is 30.3. The van der Waals surface area contributed by atoms with Gasteiger partial charge in [0.25, 0.3) is 5.88 Å². The number of rotatable bonds is 11. The van der Waals surface area contributed by atoms with Crippen LogP contribution in [0.4, 0.5) is 11.6 Å². The van der Waals surface area contributed by atoms with Gasteiger partial charge < -0.3 is 23.9 Å². The summed E-state index contributed by atoms with van der Waals surface area (Å²) < 4.78 is 26.4. The van der Waals surface area contributed by atoms with Gasteiger partial charge in [-0.15, -0.1) is 10.2 Å². The molecule has 0 unspecified atom stereocenters. The second-order valence-corrected chi connectivity index (χ2v) is 11.5. The van der Waals surface area contributed by atoms with Crippen molar-refractivity contribution in [1.82, 2.24) is 49.8 Å². The van der Waals surface area contributed by atoms with E-state index in [1.54, 1.807) is 29.2 Å². The van der Waals surface area contributed by atoms with Gasteiger partial charge in [0, 0.05) is 37.1 Å². The third-order valence-corrected chi connectivity index (χ3v) is 8.39.